The number of benzene rings is 2. The predicted molar refractivity (Wildman–Crippen MR) is 136 cm³/mol. The van der Waals surface area contributed by atoms with Crippen molar-refractivity contribution < 1.29 is 8.42 Å². The van der Waals surface area contributed by atoms with Gasteiger partial charge in [-0.25, -0.2) is 17.4 Å². The molecule has 0 saturated carbocycles. The summed E-state index contributed by atoms with van der Waals surface area (Å²) in [5.41, 5.74) is 2.18. The highest BCUT2D eigenvalue weighted by molar-refractivity contribution is 7.90. The minimum atomic E-state index is -4.07. The minimum Gasteiger partial charge on any atom is -0.369 e. The molecule has 176 valence electrons. The van der Waals surface area contributed by atoms with Crippen molar-refractivity contribution in [3.05, 3.63) is 71.0 Å². The topological polar surface area (TPSA) is 83.4 Å². The number of hydrogen-bond acceptors (Lipinski definition) is 7. The maximum atomic E-state index is 13.3. The SMILES string of the molecule is CN1CCN(c2ccc(Nc3ncc4ccn(S(=O)(=O)c5c(Cl)cccc5Cl)c4n3)cc2)CC1. The first kappa shape index (κ1) is 22.9. The third kappa shape index (κ3) is 4.32. The van der Waals surface area contributed by atoms with Gasteiger partial charge < -0.3 is 15.1 Å². The van der Waals surface area contributed by atoms with Gasteiger partial charge >= 0.3 is 0 Å². The Hall–Kier alpha value is -2.85. The molecule has 4 aromatic rings. The molecule has 1 aliphatic heterocycles. The van der Waals surface area contributed by atoms with Gasteiger partial charge in [-0.3, -0.25) is 0 Å². The van der Waals surface area contributed by atoms with E-state index in [0.717, 1.165) is 41.5 Å². The van der Waals surface area contributed by atoms with Gasteiger partial charge in [-0.1, -0.05) is 29.3 Å². The van der Waals surface area contributed by atoms with Crippen LogP contribution >= 0.6 is 23.2 Å². The van der Waals surface area contributed by atoms with Crippen molar-refractivity contribution in [2.45, 2.75) is 4.90 Å². The smallest absolute Gasteiger partial charge is 0.272 e. The normalized spacial score (nSPS) is 15.1. The molecule has 0 aliphatic carbocycles. The lowest BCUT2D eigenvalue weighted by Crippen LogP contribution is -2.44. The van der Waals surface area contributed by atoms with Crippen LogP contribution < -0.4 is 10.2 Å². The molecule has 0 bridgehead atoms. The maximum Gasteiger partial charge on any atom is 0.272 e. The van der Waals surface area contributed by atoms with Crippen molar-refractivity contribution in [1.29, 1.82) is 0 Å². The van der Waals surface area contributed by atoms with E-state index in [0.29, 0.717) is 5.39 Å². The summed E-state index contributed by atoms with van der Waals surface area (Å²) in [5, 5.41) is 3.81. The molecule has 11 heteroatoms. The summed E-state index contributed by atoms with van der Waals surface area (Å²) in [6.07, 6.45) is 2.99. The van der Waals surface area contributed by atoms with Gasteiger partial charge in [-0.2, -0.15) is 4.98 Å². The summed E-state index contributed by atoms with van der Waals surface area (Å²) in [5.74, 6) is 0.278. The average molecular weight is 517 g/mol. The molecule has 1 aliphatic rings. The zero-order valence-corrected chi connectivity index (χ0v) is 20.6. The van der Waals surface area contributed by atoms with E-state index in [1.54, 1.807) is 18.3 Å². The van der Waals surface area contributed by atoms with E-state index in [2.05, 4.69) is 44.3 Å². The Morgan fingerprint density at radius 2 is 1.62 bits per heavy atom. The molecule has 0 radical (unpaired) electrons. The van der Waals surface area contributed by atoms with E-state index >= 15 is 0 Å². The molecule has 0 spiro atoms. The number of anilines is 3. The molecule has 1 N–H and O–H groups in total. The number of nitrogens with zero attached hydrogens (tertiary/aromatic N) is 5. The molecule has 2 aromatic carbocycles. The van der Waals surface area contributed by atoms with E-state index in [-0.39, 0.29) is 26.5 Å². The van der Waals surface area contributed by atoms with Gasteiger partial charge in [0.25, 0.3) is 10.0 Å². The van der Waals surface area contributed by atoms with Gasteiger partial charge in [-0.05, 0) is 49.5 Å². The summed E-state index contributed by atoms with van der Waals surface area (Å²) in [6, 6.07) is 14.2. The molecule has 5 rings (SSSR count). The summed E-state index contributed by atoms with van der Waals surface area (Å²) in [6.45, 7) is 4.06. The zero-order chi connectivity index (χ0) is 23.9. The highest BCUT2D eigenvalue weighted by Gasteiger charge is 2.26. The van der Waals surface area contributed by atoms with E-state index < -0.39 is 10.0 Å². The van der Waals surface area contributed by atoms with Crippen LogP contribution in [0.2, 0.25) is 10.0 Å². The van der Waals surface area contributed by atoms with Gasteiger partial charge in [0.1, 0.15) is 4.90 Å². The van der Waals surface area contributed by atoms with Crippen LogP contribution in [-0.2, 0) is 10.0 Å². The monoisotopic (exact) mass is 516 g/mol. The summed E-state index contributed by atoms with van der Waals surface area (Å²) < 4.78 is 27.7. The van der Waals surface area contributed by atoms with Crippen LogP contribution in [0.4, 0.5) is 17.3 Å². The number of aromatic nitrogens is 3. The van der Waals surface area contributed by atoms with Crippen molar-refractivity contribution in [3.63, 3.8) is 0 Å². The Morgan fingerprint density at radius 3 is 2.29 bits per heavy atom. The first-order chi connectivity index (χ1) is 16.3. The molecule has 8 nitrogen and oxygen atoms in total. The van der Waals surface area contributed by atoms with Gasteiger partial charge in [0.2, 0.25) is 5.95 Å². The van der Waals surface area contributed by atoms with Crippen molar-refractivity contribution in [2.24, 2.45) is 0 Å². The first-order valence-corrected chi connectivity index (χ1v) is 12.9. The van der Waals surface area contributed by atoms with E-state index in [4.69, 9.17) is 23.2 Å². The molecule has 3 heterocycles. The van der Waals surface area contributed by atoms with Crippen LogP contribution in [-0.4, -0.2) is 60.5 Å². The van der Waals surface area contributed by atoms with Crippen molar-refractivity contribution in [3.8, 4) is 0 Å². The molecular formula is C23H22Cl2N6O2S. The van der Waals surface area contributed by atoms with Gasteiger partial charge in [0.15, 0.2) is 5.65 Å². The van der Waals surface area contributed by atoms with Gasteiger partial charge in [0.05, 0.1) is 10.0 Å². The van der Waals surface area contributed by atoms with Crippen LogP contribution in [0.3, 0.4) is 0 Å². The second-order valence-electron chi connectivity index (χ2n) is 8.10. The third-order valence-electron chi connectivity index (χ3n) is 5.82. The fourth-order valence-electron chi connectivity index (χ4n) is 3.93. The van der Waals surface area contributed by atoms with Crippen molar-refractivity contribution >= 4 is 61.6 Å². The molecule has 34 heavy (non-hydrogen) atoms. The zero-order valence-electron chi connectivity index (χ0n) is 18.3. The van der Waals surface area contributed by atoms with Crippen LogP contribution in [0.15, 0.2) is 65.8 Å². The first-order valence-electron chi connectivity index (χ1n) is 10.7. The number of nitrogens with one attached hydrogen (secondary N) is 1. The maximum absolute atomic E-state index is 13.3. The van der Waals surface area contributed by atoms with Gasteiger partial charge in [0, 0.05) is 55.3 Å². The Labute approximate surface area is 207 Å². The summed E-state index contributed by atoms with van der Waals surface area (Å²) >= 11 is 12.3. The Bertz CT molecular complexity index is 1430. The van der Waals surface area contributed by atoms with Crippen molar-refractivity contribution in [2.75, 3.05) is 43.4 Å². The third-order valence-corrected chi connectivity index (χ3v) is 8.44. The number of halogens is 2. The van der Waals surface area contributed by atoms with E-state index in [1.165, 1.54) is 18.3 Å². The molecule has 0 unspecified atom stereocenters. The number of hydrogen-bond donors (Lipinski definition) is 1. The Kier molecular flexibility index (Phi) is 6.11. The lowest BCUT2D eigenvalue weighted by atomic mass is 10.2. The van der Waals surface area contributed by atoms with Crippen LogP contribution in [0.1, 0.15) is 0 Å². The minimum absolute atomic E-state index is 0.0437. The lowest BCUT2D eigenvalue weighted by molar-refractivity contribution is 0.313. The fraction of sp³-hybridized carbons (Fsp3) is 0.217. The van der Waals surface area contributed by atoms with Crippen molar-refractivity contribution in [1.82, 2.24) is 18.8 Å². The average Bonchev–Trinajstić information content (AvgIpc) is 3.24. The Morgan fingerprint density at radius 1 is 0.941 bits per heavy atom. The molecular weight excluding hydrogens is 495 g/mol. The second-order valence-corrected chi connectivity index (χ2v) is 10.7. The lowest BCUT2D eigenvalue weighted by Gasteiger charge is -2.34. The largest absolute Gasteiger partial charge is 0.369 e. The van der Waals surface area contributed by atoms with E-state index in [9.17, 15) is 8.42 Å². The molecule has 1 saturated heterocycles. The van der Waals surface area contributed by atoms with Crippen LogP contribution in [0.25, 0.3) is 11.0 Å². The molecule has 2 aromatic heterocycles. The quantitative estimate of drug-likeness (QED) is 0.418. The fourth-order valence-corrected chi connectivity index (χ4v) is 6.33. The van der Waals surface area contributed by atoms with Crippen LogP contribution in [0.5, 0.6) is 0 Å². The van der Waals surface area contributed by atoms with E-state index in [1.807, 2.05) is 12.1 Å². The molecule has 0 atom stereocenters. The highest BCUT2D eigenvalue weighted by Crippen LogP contribution is 2.32. The number of likely N-dealkylation sites (N-methyl/N-ethyl adjacent to an activating group) is 1. The number of piperazine rings is 1. The summed E-state index contributed by atoms with van der Waals surface area (Å²) in [7, 11) is -1.94. The van der Waals surface area contributed by atoms with Crippen LogP contribution in [0, 0.1) is 0 Å². The number of fused-ring (bicyclic) bond motifs is 1. The predicted octanol–water partition coefficient (Wildman–Crippen LogP) is 4.47. The summed E-state index contributed by atoms with van der Waals surface area (Å²) in [4.78, 5) is 13.3. The standard InChI is InChI=1S/C23H22Cl2N6O2S/c1-29-11-13-30(14-12-29)18-7-5-17(6-8-18)27-23-26-15-16-9-10-31(22(16)28-23)34(32,33)21-19(24)3-2-4-20(21)25/h2-10,15H,11-14H2,1H3,(H,26,27,28). The number of rotatable bonds is 5. The van der Waals surface area contributed by atoms with Gasteiger partial charge in [-0.15, -0.1) is 0 Å². The second kappa shape index (κ2) is 9.07. The molecule has 1 fully saturated rings. The highest BCUT2D eigenvalue weighted by atomic mass is 35.5. The Balaban J connectivity index is 1.42. The molecule has 0 amide bonds.